The summed E-state index contributed by atoms with van der Waals surface area (Å²) < 4.78 is 2.06. The van der Waals surface area contributed by atoms with Crippen molar-refractivity contribution in [2.45, 2.75) is 50.8 Å². The molecule has 0 aromatic heterocycles. The fourth-order valence-corrected chi connectivity index (χ4v) is 4.06. The molecule has 0 saturated heterocycles. The maximum Gasteiger partial charge on any atom is 0.100 e. The Balaban J connectivity index is 0.000000413. The molecule has 1 aliphatic carbocycles. The number of halogens is 2. The SMILES string of the molecule is CN(Cc1cc(Br)cc(Br)c1N)C1CCCCC1.OCC(O)CO. The van der Waals surface area contributed by atoms with Gasteiger partial charge in [-0.15, -0.1) is 0 Å². The zero-order valence-electron chi connectivity index (χ0n) is 14.1. The number of hydrogen-bond acceptors (Lipinski definition) is 5. The third-order valence-corrected chi connectivity index (χ3v) is 5.33. The predicted molar refractivity (Wildman–Crippen MR) is 105 cm³/mol. The molecule has 7 heteroatoms. The fourth-order valence-electron chi connectivity index (χ4n) is 2.75. The Morgan fingerprint density at radius 3 is 2.25 bits per heavy atom. The predicted octanol–water partition coefficient (Wildman–Crippen LogP) is 2.89. The summed E-state index contributed by atoms with van der Waals surface area (Å²) in [5, 5.41) is 24.0. The first-order valence-corrected chi connectivity index (χ1v) is 9.81. The van der Waals surface area contributed by atoms with Crippen LogP contribution in [0.4, 0.5) is 5.69 Å². The van der Waals surface area contributed by atoms with Crippen LogP contribution in [-0.4, -0.2) is 52.6 Å². The monoisotopic (exact) mass is 466 g/mol. The molecule has 1 aromatic rings. The van der Waals surface area contributed by atoms with Crippen LogP contribution >= 0.6 is 31.9 Å². The first-order chi connectivity index (χ1) is 11.4. The molecule has 1 fully saturated rings. The molecule has 0 atom stereocenters. The average molecular weight is 468 g/mol. The second-order valence-electron chi connectivity index (χ2n) is 6.19. The number of anilines is 1. The van der Waals surface area contributed by atoms with Crippen molar-refractivity contribution in [1.82, 2.24) is 4.90 Å². The van der Waals surface area contributed by atoms with E-state index in [0.29, 0.717) is 0 Å². The molecule has 138 valence electrons. The lowest BCUT2D eigenvalue weighted by molar-refractivity contribution is 0.0450. The van der Waals surface area contributed by atoms with E-state index in [9.17, 15) is 0 Å². The van der Waals surface area contributed by atoms with E-state index in [1.165, 1.54) is 37.7 Å². The van der Waals surface area contributed by atoms with E-state index in [1.54, 1.807) is 0 Å². The topological polar surface area (TPSA) is 90.0 Å². The van der Waals surface area contributed by atoms with Crippen LogP contribution in [0.5, 0.6) is 0 Å². The lowest BCUT2D eigenvalue weighted by Crippen LogP contribution is -2.33. The Labute approximate surface area is 161 Å². The molecule has 0 radical (unpaired) electrons. The fraction of sp³-hybridized carbons (Fsp3) is 0.647. The van der Waals surface area contributed by atoms with Crippen molar-refractivity contribution in [3.63, 3.8) is 0 Å². The Bertz CT molecular complexity index is 493. The van der Waals surface area contributed by atoms with Gasteiger partial charge in [-0.1, -0.05) is 35.2 Å². The van der Waals surface area contributed by atoms with Gasteiger partial charge >= 0.3 is 0 Å². The summed E-state index contributed by atoms with van der Waals surface area (Å²) in [5.74, 6) is 0. The zero-order chi connectivity index (χ0) is 18.1. The van der Waals surface area contributed by atoms with E-state index in [1.807, 2.05) is 6.07 Å². The molecule has 0 bridgehead atoms. The van der Waals surface area contributed by atoms with Gasteiger partial charge in [0.2, 0.25) is 0 Å². The van der Waals surface area contributed by atoms with Crippen molar-refractivity contribution < 1.29 is 15.3 Å². The highest BCUT2D eigenvalue weighted by Crippen LogP contribution is 2.30. The molecular weight excluding hydrogens is 440 g/mol. The van der Waals surface area contributed by atoms with E-state index in [4.69, 9.17) is 21.1 Å². The van der Waals surface area contributed by atoms with Crippen molar-refractivity contribution >= 4 is 37.5 Å². The van der Waals surface area contributed by atoms with E-state index in [2.05, 4.69) is 49.9 Å². The Morgan fingerprint density at radius 1 is 1.17 bits per heavy atom. The molecule has 0 amide bonds. The van der Waals surface area contributed by atoms with Crippen molar-refractivity contribution in [1.29, 1.82) is 0 Å². The molecule has 5 N–H and O–H groups in total. The lowest BCUT2D eigenvalue weighted by Gasteiger charge is -2.31. The van der Waals surface area contributed by atoms with Gasteiger partial charge in [0, 0.05) is 21.5 Å². The summed E-state index contributed by atoms with van der Waals surface area (Å²) in [7, 11) is 2.21. The van der Waals surface area contributed by atoms with Gasteiger partial charge in [0.1, 0.15) is 6.10 Å². The molecule has 2 rings (SSSR count). The second kappa shape index (κ2) is 11.4. The van der Waals surface area contributed by atoms with Gasteiger partial charge in [-0.3, -0.25) is 4.90 Å². The number of hydrogen-bond donors (Lipinski definition) is 4. The number of nitrogens with two attached hydrogens (primary N) is 1. The van der Waals surface area contributed by atoms with Gasteiger partial charge < -0.3 is 21.1 Å². The third-order valence-electron chi connectivity index (χ3n) is 4.22. The smallest absolute Gasteiger partial charge is 0.100 e. The number of rotatable bonds is 5. The van der Waals surface area contributed by atoms with Crippen LogP contribution < -0.4 is 5.73 Å². The number of nitrogens with zero attached hydrogens (tertiary/aromatic N) is 1. The van der Waals surface area contributed by atoms with Gasteiger partial charge in [0.25, 0.3) is 0 Å². The summed E-state index contributed by atoms with van der Waals surface area (Å²) in [6, 6.07) is 4.84. The van der Waals surface area contributed by atoms with Crippen molar-refractivity contribution in [2.24, 2.45) is 0 Å². The molecule has 0 unspecified atom stereocenters. The first-order valence-electron chi connectivity index (χ1n) is 8.22. The highest BCUT2D eigenvalue weighted by Gasteiger charge is 2.19. The number of nitrogen functional groups attached to an aromatic ring is 1. The van der Waals surface area contributed by atoms with Crippen molar-refractivity contribution in [2.75, 3.05) is 26.0 Å². The number of benzene rings is 1. The van der Waals surface area contributed by atoms with Gasteiger partial charge in [-0.05, 0) is 53.5 Å². The van der Waals surface area contributed by atoms with E-state index >= 15 is 0 Å². The molecule has 0 spiro atoms. The highest BCUT2D eigenvalue weighted by atomic mass is 79.9. The quantitative estimate of drug-likeness (QED) is 0.500. The van der Waals surface area contributed by atoms with Crippen LogP contribution in [0.3, 0.4) is 0 Å². The molecule has 24 heavy (non-hydrogen) atoms. The van der Waals surface area contributed by atoms with Crippen LogP contribution in [0.15, 0.2) is 21.1 Å². The summed E-state index contributed by atoms with van der Waals surface area (Å²) in [4.78, 5) is 2.45. The second-order valence-corrected chi connectivity index (χ2v) is 7.96. The van der Waals surface area contributed by atoms with Gasteiger partial charge in [0.05, 0.1) is 18.9 Å². The molecule has 1 aliphatic rings. The zero-order valence-corrected chi connectivity index (χ0v) is 17.3. The maximum atomic E-state index is 8.17. The third kappa shape index (κ3) is 7.37. The summed E-state index contributed by atoms with van der Waals surface area (Å²) in [6.45, 7) is 0.196. The van der Waals surface area contributed by atoms with Crippen LogP contribution in [0.25, 0.3) is 0 Å². The minimum Gasteiger partial charge on any atom is -0.398 e. The van der Waals surface area contributed by atoms with Crippen LogP contribution in [0.1, 0.15) is 37.7 Å². The average Bonchev–Trinajstić information content (AvgIpc) is 2.59. The highest BCUT2D eigenvalue weighted by molar-refractivity contribution is 9.11. The standard InChI is InChI=1S/C14H20Br2N2.C3H8O3/c1-18(12-5-3-2-4-6-12)9-10-7-11(15)8-13(16)14(10)17;4-1-3(6)2-5/h7-8,12H,2-6,9,17H2,1H3;3-6H,1-2H2. The number of aliphatic hydroxyl groups is 3. The molecule has 1 aromatic carbocycles. The molecule has 0 aliphatic heterocycles. The van der Waals surface area contributed by atoms with Crippen LogP contribution in [0.2, 0.25) is 0 Å². The minimum absolute atomic E-state index is 0.365. The molecule has 0 heterocycles. The minimum atomic E-state index is -0.954. The maximum absolute atomic E-state index is 8.17. The number of aliphatic hydroxyl groups excluding tert-OH is 3. The van der Waals surface area contributed by atoms with Gasteiger partial charge in [0.15, 0.2) is 0 Å². The van der Waals surface area contributed by atoms with Gasteiger partial charge in [-0.2, -0.15) is 0 Å². The van der Waals surface area contributed by atoms with Crippen LogP contribution in [0, 0.1) is 0 Å². The van der Waals surface area contributed by atoms with E-state index < -0.39 is 6.10 Å². The Kier molecular flexibility index (Phi) is 10.4. The largest absolute Gasteiger partial charge is 0.398 e. The molecule has 5 nitrogen and oxygen atoms in total. The normalized spacial score (nSPS) is 15.5. The van der Waals surface area contributed by atoms with Crippen LogP contribution in [-0.2, 0) is 6.54 Å². The van der Waals surface area contributed by atoms with E-state index in [-0.39, 0.29) is 13.2 Å². The summed E-state index contributed by atoms with van der Waals surface area (Å²) in [6.07, 6.45) is 5.83. The molecular formula is C17H28Br2N2O3. The van der Waals surface area contributed by atoms with Gasteiger partial charge in [-0.25, -0.2) is 0 Å². The summed E-state index contributed by atoms with van der Waals surface area (Å²) in [5.41, 5.74) is 8.20. The molecule has 1 saturated carbocycles. The first kappa shape index (κ1) is 21.9. The summed E-state index contributed by atoms with van der Waals surface area (Å²) >= 11 is 7.04. The van der Waals surface area contributed by atoms with E-state index in [0.717, 1.165) is 27.2 Å². The lowest BCUT2D eigenvalue weighted by atomic mass is 9.94. The van der Waals surface area contributed by atoms with Crippen molar-refractivity contribution in [3.8, 4) is 0 Å². The Hall–Kier alpha value is -0.180. The van der Waals surface area contributed by atoms with Crippen molar-refractivity contribution in [3.05, 3.63) is 26.6 Å². The Morgan fingerprint density at radius 2 is 1.75 bits per heavy atom.